The predicted octanol–water partition coefficient (Wildman–Crippen LogP) is 2.83. The maximum Gasteiger partial charge on any atom is 0.270 e. The summed E-state index contributed by atoms with van der Waals surface area (Å²) in [7, 11) is 0. The molecular weight excluding hydrogens is 377 g/mol. The molecule has 3 aromatic rings. The van der Waals surface area contributed by atoms with Crippen LogP contribution in [-0.4, -0.2) is 15.3 Å². The van der Waals surface area contributed by atoms with Crippen LogP contribution in [-0.2, 0) is 6.54 Å². The van der Waals surface area contributed by atoms with Crippen LogP contribution in [0, 0.1) is 12.7 Å². The summed E-state index contributed by atoms with van der Waals surface area (Å²) in [5.74, 6) is -1.02. The molecule has 0 aliphatic rings. The van der Waals surface area contributed by atoms with Crippen molar-refractivity contribution in [1.29, 1.82) is 0 Å². The molecule has 1 aromatic carbocycles. The van der Waals surface area contributed by atoms with Crippen LogP contribution in [0.2, 0.25) is 0 Å². The molecule has 0 saturated carbocycles. The average molecular weight is 390 g/mol. The van der Waals surface area contributed by atoms with E-state index in [4.69, 9.17) is 0 Å². The monoisotopic (exact) mass is 389 g/mol. The van der Waals surface area contributed by atoms with Crippen LogP contribution in [0.15, 0.2) is 52.0 Å². The zero-order valence-electron chi connectivity index (χ0n) is 12.7. The second kappa shape index (κ2) is 6.52. The molecule has 2 heterocycles. The fourth-order valence-electron chi connectivity index (χ4n) is 2.29. The minimum absolute atomic E-state index is 0.0277. The molecule has 0 aliphatic carbocycles. The Kier molecular flexibility index (Phi) is 4.44. The van der Waals surface area contributed by atoms with Crippen molar-refractivity contribution >= 4 is 27.5 Å². The number of carbonyl (C=O) groups is 1. The van der Waals surface area contributed by atoms with Crippen molar-refractivity contribution < 1.29 is 9.18 Å². The number of nitrogens with one attached hydrogen (secondary N) is 1. The number of benzene rings is 1. The van der Waals surface area contributed by atoms with E-state index < -0.39 is 17.3 Å². The van der Waals surface area contributed by atoms with Gasteiger partial charge in [0.2, 0.25) is 0 Å². The van der Waals surface area contributed by atoms with Crippen molar-refractivity contribution in [3.05, 3.63) is 80.1 Å². The van der Waals surface area contributed by atoms with Crippen molar-refractivity contribution in [2.45, 2.75) is 13.5 Å². The van der Waals surface area contributed by atoms with Crippen LogP contribution in [0.4, 0.5) is 4.39 Å². The third-order valence-electron chi connectivity index (χ3n) is 3.54. The maximum atomic E-state index is 13.7. The van der Waals surface area contributed by atoms with E-state index in [0.29, 0.717) is 15.7 Å². The molecular formula is C17H13BrFN3O2. The summed E-state index contributed by atoms with van der Waals surface area (Å²) in [5, 5.41) is 2.55. The van der Waals surface area contributed by atoms with Crippen LogP contribution in [0.3, 0.4) is 0 Å². The minimum atomic E-state index is -0.595. The summed E-state index contributed by atoms with van der Waals surface area (Å²) < 4.78 is 15.7. The first kappa shape index (κ1) is 16.3. The molecule has 3 rings (SSSR count). The van der Waals surface area contributed by atoms with Gasteiger partial charge in [-0.3, -0.25) is 14.0 Å². The van der Waals surface area contributed by atoms with Gasteiger partial charge in [0, 0.05) is 29.0 Å². The fourth-order valence-corrected chi connectivity index (χ4v) is 2.70. The van der Waals surface area contributed by atoms with E-state index >= 15 is 0 Å². The lowest BCUT2D eigenvalue weighted by Gasteiger charge is -2.08. The Balaban J connectivity index is 1.87. The molecule has 7 heteroatoms. The third kappa shape index (κ3) is 3.21. The first-order valence-corrected chi connectivity index (χ1v) is 7.95. The summed E-state index contributed by atoms with van der Waals surface area (Å²) in [6, 6.07) is 7.99. The highest BCUT2D eigenvalue weighted by molar-refractivity contribution is 9.10. The molecule has 2 aromatic heterocycles. The van der Waals surface area contributed by atoms with Gasteiger partial charge in [-0.25, -0.2) is 9.37 Å². The van der Waals surface area contributed by atoms with Crippen LogP contribution < -0.4 is 10.9 Å². The van der Waals surface area contributed by atoms with Gasteiger partial charge in [0.1, 0.15) is 17.0 Å². The molecule has 1 amide bonds. The summed E-state index contributed by atoms with van der Waals surface area (Å²) in [6.07, 6.45) is 2.86. The summed E-state index contributed by atoms with van der Waals surface area (Å²) in [6.45, 7) is 1.81. The first-order chi connectivity index (χ1) is 11.5. The first-order valence-electron chi connectivity index (χ1n) is 7.16. The van der Waals surface area contributed by atoms with Crippen molar-refractivity contribution in [3.8, 4) is 0 Å². The number of halogens is 2. The van der Waals surface area contributed by atoms with Gasteiger partial charge in [-0.15, -0.1) is 0 Å². The van der Waals surface area contributed by atoms with Crippen LogP contribution in [0.5, 0.6) is 0 Å². The molecule has 122 valence electrons. The highest BCUT2D eigenvalue weighted by atomic mass is 79.9. The van der Waals surface area contributed by atoms with E-state index in [1.165, 1.54) is 16.7 Å². The van der Waals surface area contributed by atoms with Crippen molar-refractivity contribution in [1.82, 2.24) is 14.7 Å². The normalized spacial score (nSPS) is 10.8. The molecule has 0 atom stereocenters. The van der Waals surface area contributed by atoms with Gasteiger partial charge in [0.15, 0.2) is 0 Å². The Labute approximate surface area is 145 Å². The fraction of sp³-hybridized carbons (Fsp3) is 0.118. The van der Waals surface area contributed by atoms with Gasteiger partial charge in [-0.2, -0.15) is 0 Å². The Morgan fingerprint density at radius 2 is 2.12 bits per heavy atom. The lowest BCUT2D eigenvalue weighted by molar-refractivity contribution is 0.0948. The molecule has 0 radical (unpaired) electrons. The number of fused-ring (bicyclic) bond motifs is 1. The second-order valence-electron chi connectivity index (χ2n) is 5.33. The van der Waals surface area contributed by atoms with Gasteiger partial charge >= 0.3 is 0 Å². The molecule has 0 bridgehead atoms. The smallest absolute Gasteiger partial charge is 0.270 e. The number of nitrogens with zero attached hydrogens (tertiary/aromatic N) is 2. The Morgan fingerprint density at radius 1 is 1.33 bits per heavy atom. The number of aromatic nitrogens is 2. The number of aryl methyl sites for hydroxylation is 1. The number of rotatable bonds is 3. The summed E-state index contributed by atoms with van der Waals surface area (Å²) in [4.78, 5) is 28.8. The van der Waals surface area contributed by atoms with Crippen molar-refractivity contribution in [2.75, 3.05) is 0 Å². The van der Waals surface area contributed by atoms with Gasteiger partial charge in [0.25, 0.3) is 11.5 Å². The van der Waals surface area contributed by atoms with E-state index in [2.05, 4.69) is 26.2 Å². The second-order valence-corrected chi connectivity index (χ2v) is 6.25. The molecule has 0 fully saturated rings. The van der Waals surface area contributed by atoms with Crippen LogP contribution in [0.25, 0.3) is 5.65 Å². The molecule has 1 N–H and O–H groups in total. The van der Waals surface area contributed by atoms with Crippen molar-refractivity contribution in [3.63, 3.8) is 0 Å². The van der Waals surface area contributed by atoms with Gasteiger partial charge < -0.3 is 5.32 Å². The van der Waals surface area contributed by atoms with E-state index in [1.54, 1.807) is 24.4 Å². The Bertz CT molecular complexity index is 1000. The summed E-state index contributed by atoms with van der Waals surface area (Å²) in [5.41, 5.74) is 1.10. The predicted molar refractivity (Wildman–Crippen MR) is 91.5 cm³/mol. The number of amides is 1. The van der Waals surface area contributed by atoms with E-state index in [1.807, 2.05) is 13.0 Å². The maximum absolute atomic E-state index is 13.7. The molecule has 0 saturated heterocycles. The molecule has 0 spiro atoms. The zero-order valence-corrected chi connectivity index (χ0v) is 14.3. The average Bonchev–Trinajstić information content (AvgIpc) is 2.56. The highest BCUT2D eigenvalue weighted by Crippen LogP contribution is 2.15. The quantitative estimate of drug-likeness (QED) is 0.748. The SMILES string of the molecule is Cc1ccc2ncc(C(=O)NCc3cc(Br)ccc3F)c(=O)n2c1. The molecule has 0 aliphatic heterocycles. The zero-order chi connectivity index (χ0) is 17.3. The number of hydrogen-bond donors (Lipinski definition) is 1. The number of carbonyl (C=O) groups excluding carboxylic acids is 1. The Morgan fingerprint density at radius 3 is 2.92 bits per heavy atom. The lowest BCUT2D eigenvalue weighted by atomic mass is 10.2. The third-order valence-corrected chi connectivity index (χ3v) is 4.04. The van der Waals surface area contributed by atoms with Crippen LogP contribution in [0.1, 0.15) is 21.5 Å². The summed E-state index contributed by atoms with van der Waals surface area (Å²) >= 11 is 3.25. The minimum Gasteiger partial charge on any atom is -0.348 e. The van der Waals surface area contributed by atoms with Crippen molar-refractivity contribution in [2.24, 2.45) is 0 Å². The molecule has 24 heavy (non-hydrogen) atoms. The van der Waals surface area contributed by atoms with Crippen LogP contribution >= 0.6 is 15.9 Å². The lowest BCUT2D eigenvalue weighted by Crippen LogP contribution is -2.31. The highest BCUT2D eigenvalue weighted by Gasteiger charge is 2.14. The van der Waals surface area contributed by atoms with E-state index in [0.717, 1.165) is 5.56 Å². The Hall–Kier alpha value is -2.54. The number of pyridine rings is 1. The van der Waals surface area contributed by atoms with Gasteiger partial charge in [0.05, 0.1) is 0 Å². The topological polar surface area (TPSA) is 63.5 Å². The largest absolute Gasteiger partial charge is 0.348 e. The molecule has 5 nitrogen and oxygen atoms in total. The molecule has 0 unspecified atom stereocenters. The van der Waals surface area contributed by atoms with E-state index in [-0.39, 0.29) is 12.1 Å². The van der Waals surface area contributed by atoms with Gasteiger partial charge in [-0.1, -0.05) is 22.0 Å². The number of hydrogen-bond acceptors (Lipinski definition) is 3. The van der Waals surface area contributed by atoms with E-state index in [9.17, 15) is 14.0 Å². The van der Waals surface area contributed by atoms with Gasteiger partial charge in [-0.05, 0) is 36.8 Å². The standard InChI is InChI=1S/C17H13BrFN3O2/c1-10-2-5-15-20-8-13(17(24)22(15)9-10)16(23)21-7-11-6-12(18)3-4-14(11)19/h2-6,8-9H,7H2,1H3,(H,21,23).